The maximum atomic E-state index is 12.7. The zero-order valence-electron chi connectivity index (χ0n) is 18.9. The van der Waals surface area contributed by atoms with E-state index in [4.69, 9.17) is 4.42 Å². The predicted octanol–water partition coefficient (Wildman–Crippen LogP) is 3.22. The Morgan fingerprint density at radius 2 is 1.88 bits per heavy atom. The number of carbonyl (C=O) groups is 2. The number of amides is 2. The minimum atomic E-state index is -0.576. The number of para-hydroxylation sites is 1. The number of likely N-dealkylation sites (tertiary alicyclic amines) is 1. The number of nitrogens with zero attached hydrogens (tertiary/aromatic N) is 1. The molecule has 0 saturated carbocycles. The van der Waals surface area contributed by atoms with Crippen molar-refractivity contribution in [1.82, 2.24) is 15.5 Å². The van der Waals surface area contributed by atoms with Crippen LogP contribution in [-0.4, -0.2) is 42.9 Å². The van der Waals surface area contributed by atoms with Crippen LogP contribution in [0.15, 0.2) is 63.5 Å². The average Bonchev–Trinajstić information content (AvgIpc) is 2.81. The quantitative estimate of drug-likeness (QED) is 0.649. The van der Waals surface area contributed by atoms with E-state index in [1.54, 1.807) is 29.2 Å². The van der Waals surface area contributed by atoms with E-state index < -0.39 is 5.91 Å². The van der Waals surface area contributed by atoms with Gasteiger partial charge in [0, 0.05) is 36.8 Å². The fraction of sp³-hybridized carbons (Fsp3) is 0.400. The molecule has 2 aromatic rings. The van der Waals surface area contributed by atoms with Crippen LogP contribution in [0.25, 0.3) is 11.0 Å². The molecule has 170 valence electrons. The Morgan fingerprint density at radius 3 is 2.56 bits per heavy atom. The van der Waals surface area contributed by atoms with Gasteiger partial charge in [-0.15, -0.1) is 0 Å². The monoisotopic (exact) mass is 437 g/mol. The molecule has 2 N–H and O–H groups in total. The topological polar surface area (TPSA) is 91.7 Å². The Labute approximate surface area is 188 Å². The molecule has 1 saturated heterocycles. The van der Waals surface area contributed by atoms with Gasteiger partial charge in [0.15, 0.2) is 11.2 Å². The van der Waals surface area contributed by atoms with Crippen molar-refractivity contribution in [3.63, 3.8) is 0 Å². The number of hydrogen-bond acceptors (Lipinski definition) is 5. The second-order valence-corrected chi connectivity index (χ2v) is 8.22. The van der Waals surface area contributed by atoms with Crippen molar-refractivity contribution >= 4 is 22.8 Å². The van der Waals surface area contributed by atoms with Crippen LogP contribution in [0.5, 0.6) is 0 Å². The Hall–Kier alpha value is -3.35. The van der Waals surface area contributed by atoms with Crippen LogP contribution < -0.4 is 16.1 Å². The minimum Gasteiger partial charge on any atom is -0.451 e. The molecule has 0 spiro atoms. The first-order valence-corrected chi connectivity index (χ1v) is 11.0. The summed E-state index contributed by atoms with van der Waals surface area (Å²) in [6, 6.07) is 7.91. The third kappa shape index (κ3) is 5.46. The van der Waals surface area contributed by atoms with Gasteiger partial charge in [0.1, 0.15) is 5.58 Å². The molecule has 1 aromatic carbocycles. The lowest BCUT2D eigenvalue weighted by atomic mass is 9.77. The molecule has 0 radical (unpaired) electrons. The van der Waals surface area contributed by atoms with Crippen LogP contribution in [0.2, 0.25) is 0 Å². The van der Waals surface area contributed by atoms with Crippen molar-refractivity contribution in [3.05, 3.63) is 70.2 Å². The lowest BCUT2D eigenvalue weighted by Gasteiger charge is -2.40. The first-order valence-electron chi connectivity index (χ1n) is 11.0. The molecular weight excluding hydrogens is 406 g/mol. The summed E-state index contributed by atoms with van der Waals surface area (Å²) in [6.45, 7) is 8.00. The summed E-state index contributed by atoms with van der Waals surface area (Å²) in [7, 11) is 0. The van der Waals surface area contributed by atoms with Crippen molar-refractivity contribution in [1.29, 1.82) is 0 Å². The number of allylic oxidation sites excluding steroid dienone is 3. The number of nitrogens with one attached hydrogen (secondary N) is 2. The Morgan fingerprint density at radius 1 is 1.16 bits per heavy atom. The number of hydrogen-bond donors (Lipinski definition) is 2. The van der Waals surface area contributed by atoms with Crippen molar-refractivity contribution < 1.29 is 14.0 Å². The van der Waals surface area contributed by atoms with Gasteiger partial charge in [-0.05, 0) is 45.7 Å². The molecule has 2 amide bonds. The summed E-state index contributed by atoms with van der Waals surface area (Å²) >= 11 is 0. The fourth-order valence-electron chi connectivity index (χ4n) is 3.95. The maximum Gasteiger partial charge on any atom is 0.287 e. The van der Waals surface area contributed by atoms with Crippen LogP contribution in [0.1, 0.15) is 44.2 Å². The summed E-state index contributed by atoms with van der Waals surface area (Å²) < 4.78 is 5.54. The molecule has 7 heteroatoms. The second kappa shape index (κ2) is 10.3. The summed E-state index contributed by atoms with van der Waals surface area (Å²) in [4.78, 5) is 39.1. The molecule has 1 aliphatic rings. The van der Waals surface area contributed by atoms with E-state index in [0.29, 0.717) is 24.1 Å². The van der Waals surface area contributed by atoms with Gasteiger partial charge < -0.3 is 20.0 Å². The lowest BCUT2D eigenvalue weighted by Crippen LogP contribution is -2.48. The van der Waals surface area contributed by atoms with Crippen LogP contribution in [0.4, 0.5) is 0 Å². The molecule has 1 aromatic heterocycles. The molecule has 0 aliphatic carbocycles. The molecular formula is C25H31N3O4. The zero-order chi connectivity index (χ0) is 23.1. The van der Waals surface area contributed by atoms with Gasteiger partial charge in [-0.3, -0.25) is 14.4 Å². The molecule has 7 nitrogen and oxygen atoms in total. The fourth-order valence-corrected chi connectivity index (χ4v) is 3.95. The van der Waals surface area contributed by atoms with Gasteiger partial charge >= 0.3 is 0 Å². The van der Waals surface area contributed by atoms with Crippen LogP contribution >= 0.6 is 0 Å². The number of carbonyl (C=O) groups excluding carboxylic acids is 2. The molecule has 0 unspecified atom stereocenters. The van der Waals surface area contributed by atoms with Crippen LogP contribution in [0, 0.1) is 5.41 Å². The summed E-state index contributed by atoms with van der Waals surface area (Å²) in [5.74, 6) is -0.821. The van der Waals surface area contributed by atoms with E-state index in [-0.39, 0.29) is 29.1 Å². The zero-order valence-corrected chi connectivity index (χ0v) is 18.9. The number of rotatable bonds is 7. The Bertz CT molecular complexity index is 1090. The number of piperidine rings is 1. The summed E-state index contributed by atoms with van der Waals surface area (Å²) in [5, 5.41) is 6.46. The van der Waals surface area contributed by atoms with Gasteiger partial charge in [-0.1, -0.05) is 30.4 Å². The van der Waals surface area contributed by atoms with Gasteiger partial charge in [-0.2, -0.15) is 0 Å². The van der Waals surface area contributed by atoms with Crippen molar-refractivity contribution in [2.75, 3.05) is 26.2 Å². The van der Waals surface area contributed by atoms with E-state index >= 15 is 0 Å². The standard InChI is InChI=1S/C25H31N3O4/c1-4-10-25(17-27-18(3)5-2)11-13-28(14-12-25)23(30)16-26-24(31)22-15-20(29)19-8-6-7-9-21(19)32-22/h4-10,15,27H,11-14,16-17H2,1-3H3,(H,26,31)/b10-4+,18-5+. The van der Waals surface area contributed by atoms with Gasteiger partial charge in [-0.25, -0.2) is 0 Å². The number of benzene rings is 1. The minimum absolute atomic E-state index is 0.00749. The highest BCUT2D eigenvalue weighted by atomic mass is 16.3. The highest BCUT2D eigenvalue weighted by molar-refractivity contribution is 5.95. The molecule has 1 fully saturated rings. The van der Waals surface area contributed by atoms with E-state index in [1.165, 1.54) is 0 Å². The SMILES string of the molecule is C/C=C/C1(CN/C(C)=C/C)CCN(C(=O)CNC(=O)c2cc(=O)c3ccccc3o2)CC1. The predicted molar refractivity (Wildman–Crippen MR) is 125 cm³/mol. The van der Waals surface area contributed by atoms with Gasteiger partial charge in [0.25, 0.3) is 5.91 Å². The molecule has 0 bridgehead atoms. The normalized spacial score (nSPS) is 16.3. The first kappa shape index (κ1) is 23.3. The summed E-state index contributed by atoms with van der Waals surface area (Å²) in [6.07, 6.45) is 8.04. The highest BCUT2D eigenvalue weighted by Gasteiger charge is 2.33. The molecule has 3 rings (SSSR count). The molecule has 32 heavy (non-hydrogen) atoms. The third-order valence-corrected chi connectivity index (χ3v) is 6.04. The van der Waals surface area contributed by atoms with E-state index in [2.05, 4.69) is 22.8 Å². The van der Waals surface area contributed by atoms with E-state index in [0.717, 1.165) is 31.1 Å². The average molecular weight is 438 g/mol. The molecule has 1 aliphatic heterocycles. The largest absolute Gasteiger partial charge is 0.451 e. The summed E-state index contributed by atoms with van der Waals surface area (Å²) in [5.41, 5.74) is 1.19. The van der Waals surface area contributed by atoms with E-state index in [1.807, 2.05) is 26.8 Å². The van der Waals surface area contributed by atoms with Crippen molar-refractivity contribution in [2.24, 2.45) is 5.41 Å². The van der Waals surface area contributed by atoms with Gasteiger partial charge in [0.2, 0.25) is 5.91 Å². The third-order valence-electron chi connectivity index (χ3n) is 6.04. The highest BCUT2D eigenvalue weighted by Crippen LogP contribution is 2.32. The van der Waals surface area contributed by atoms with Crippen LogP contribution in [-0.2, 0) is 4.79 Å². The van der Waals surface area contributed by atoms with Gasteiger partial charge in [0.05, 0.1) is 11.9 Å². The Balaban J connectivity index is 1.57. The molecule has 2 heterocycles. The lowest BCUT2D eigenvalue weighted by molar-refractivity contribution is -0.132. The smallest absolute Gasteiger partial charge is 0.287 e. The van der Waals surface area contributed by atoms with Crippen molar-refractivity contribution in [3.8, 4) is 0 Å². The van der Waals surface area contributed by atoms with E-state index in [9.17, 15) is 14.4 Å². The van der Waals surface area contributed by atoms with Crippen LogP contribution in [0.3, 0.4) is 0 Å². The second-order valence-electron chi connectivity index (χ2n) is 8.22. The first-order chi connectivity index (χ1) is 15.4. The maximum absolute atomic E-state index is 12.7. The molecule has 0 atom stereocenters. The Kier molecular flexibility index (Phi) is 7.51. The van der Waals surface area contributed by atoms with Crippen molar-refractivity contribution in [2.45, 2.75) is 33.6 Å². The number of fused-ring (bicyclic) bond motifs is 1.